The number of ether oxygens (including phenoxy) is 1. The van der Waals surface area contributed by atoms with E-state index in [0.717, 1.165) is 38.1 Å². The average molecular weight is 342 g/mol. The third kappa shape index (κ3) is 4.89. The molecule has 1 saturated heterocycles. The topological polar surface area (TPSA) is 60.2 Å². The monoisotopic (exact) mass is 342 g/mol. The molecule has 2 aromatic rings. The van der Waals surface area contributed by atoms with E-state index < -0.39 is 0 Å². The number of hydrogen-bond acceptors (Lipinski definition) is 4. The van der Waals surface area contributed by atoms with Crippen LogP contribution in [0.3, 0.4) is 0 Å². The molecule has 0 radical (unpaired) electrons. The lowest BCUT2D eigenvalue weighted by Gasteiger charge is -2.20. The van der Waals surface area contributed by atoms with Crippen molar-refractivity contribution in [2.45, 2.75) is 45.3 Å². The van der Waals surface area contributed by atoms with Gasteiger partial charge in [-0.3, -0.25) is 4.79 Å². The Morgan fingerprint density at radius 1 is 1.16 bits per heavy atom. The van der Waals surface area contributed by atoms with E-state index in [1.165, 1.54) is 5.56 Å². The predicted molar refractivity (Wildman–Crippen MR) is 95.0 cm³/mol. The second kappa shape index (κ2) is 8.76. The number of aromatic nitrogens is 3. The summed E-state index contributed by atoms with van der Waals surface area (Å²) in [6.07, 6.45) is 4.64. The predicted octanol–water partition coefficient (Wildman–Crippen LogP) is 2.42. The van der Waals surface area contributed by atoms with Gasteiger partial charge in [0.1, 0.15) is 12.4 Å². The lowest BCUT2D eigenvalue weighted by atomic mass is 10.2. The largest absolute Gasteiger partial charge is 0.377 e. The third-order valence-electron chi connectivity index (χ3n) is 4.52. The van der Waals surface area contributed by atoms with Crippen molar-refractivity contribution >= 4 is 5.91 Å². The number of methoxy groups -OCH3 is 1. The van der Waals surface area contributed by atoms with Gasteiger partial charge in [-0.1, -0.05) is 36.8 Å². The van der Waals surface area contributed by atoms with Crippen LogP contribution in [0.15, 0.2) is 30.3 Å². The first kappa shape index (κ1) is 17.6. The number of amides is 1. The highest BCUT2D eigenvalue weighted by atomic mass is 16.5. The number of nitrogens with zero attached hydrogens (tertiary/aromatic N) is 4. The van der Waals surface area contributed by atoms with Crippen molar-refractivity contribution in [3.63, 3.8) is 0 Å². The van der Waals surface area contributed by atoms with E-state index in [9.17, 15) is 4.79 Å². The summed E-state index contributed by atoms with van der Waals surface area (Å²) in [5, 5.41) is 4.57. The molecular formula is C19H26N4O2. The van der Waals surface area contributed by atoms with Gasteiger partial charge in [-0.25, -0.2) is 9.67 Å². The molecule has 6 nitrogen and oxygen atoms in total. The molecule has 1 amide bonds. The minimum atomic E-state index is 0.267. The molecule has 0 bridgehead atoms. The molecule has 1 aromatic carbocycles. The molecule has 1 aliphatic rings. The SMILES string of the molecule is COCc1nc(CCN2CCCCCC2=O)n(Cc2ccccc2)n1. The first-order chi connectivity index (χ1) is 12.3. The molecule has 6 heteroatoms. The maximum absolute atomic E-state index is 12.2. The average Bonchev–Trinajstić information content (AvgIpc) is 2.86. The maximum Gasteiger partial charge on any atom is 0.222 e. The molecule has 0 unspecified atom stereocenters. The van der Waals surface area contributed by atoms with E-state index in [-0.39, 0.29) is 5.91 Å². The molecule has 1 fully saturated rings. The van der Waals surface area contributed by atoms with Crippen LogP contribution in [-0.2, 0) is 29.1 Å². The fourth-order valence-corrected chi connectivity index (χ4v) is 3.19. The Morgan fingerprint density at radius 3 is 2.80 bits per heavy atom. The molecule has 0 spiro atoms. The second-order valence-electron chi connectivity index (χ2n) is 6.46. The Labute approximate surface area is 148 Å². The number of rotatable bonds is 7. The highest BCUT2D eigenvalue weighted by molar-refractivity contribution is 5.76. The lowest BCUT2D eigenvalue weighted by molar-refractivity contribution is -0.130. The van der Waals surface area contributed by atoms with Crippen LogP contribution in [0.5, 0.6) is 0 Å². The normalized spacial score (nSPS) is 15.4. The summed E-state index contributed by atoms with van der Waals surface area (Å²) >= 11 is 0. The van der Waals surface area contributed by atoms with Crippen molar-refractivity contribution in [3.05, 3.63) is 47.5 Å². The van der Waals surface area contributed by atoms with Crippen molar-refractivity contribution in [2.24, 2.45) is 0 Å². The van der Waals surface area contributed by atoms with E-state index in [0.29, 0.717) is 31.9 Å². The van der Waals surface area contributed by atoms with Gasteiger partial charge in [0, 0.05) is 33.0 Å². The minimum Gasteiger partial charge on any atom is -0.377 e. The van der Waals surface area contributed by atoms with Gasteiger partial charge in [0.05, 0.1) is 6.54 Å². The molecule has 3 rings (SSSR count). The minimum absolute atomic E-state index is 0.267. The Bertz CT molecular complexity index is 684. The van der Waals surface area contributed by atoms with Gasteiger partial charge < -0.3 is 9.64 Å². The van der Waals surface area contributed by atoms with Crippen LogP contribution >= 0.6 is 0 Å². The molecule has 25 heavy (non-hydrogen) atoms. The van der Waals surface area contributed by atoms with E-state index in [4.69, 9.17) is 4.74 Å². The molecule has 134 valence electrons. The van der Waals surface area contributed by atoms with Crippen LogP contribution in [0.4, 0.5) is 0 Å². The summed E-state index contributed by atoms with van der Waals surface area (Å²) in [4.78, 5) is 18.8. The molecule has 0 saturated carbocycles. The van der Waals surface area contributed by atoms with Gasteiger partial charge in [0.15, 0.2) is 5.82 Å². The number of carbonyl (C=O) groups is 1. The summed E-state index contributed by atoms with van der Waals surface area (Å²) in [6.45, 7) is 2.65. The van der Waals surface area contributed by atoms with Gasteiger partial charge in [-0.15, -0.1) is 0 Å². The van der Waals surface area contributed by atoms with Gasteiger partial charge in [0.2, 0.25) is 5.91 Å². The Hall–Kier alpha value is -2.21. The van der Waals surface area contributed by atoms with Gasteiger partial charge in [0.25, 0.3) is 0 Å². The molecule has 0 aliphatic carbocycles. The first-order valence-electron chi connectivity index (χ1n) is 8.99. The summed E-state index contributed by atoms with van der Waals surface area (Å²) in [5.74, 6) is 1.87. The maximum atomic E-state index is 12.2. The second-order valence-corrected chi connectivity index (χ2v) is 6.46. The smallest absolute Gasteiger partial charge is 0.222 e. The highest BCUT2D eigenvalue weighted by Gasteiger charge is 2.18. The van der Waals surface area contributed by atoms with E-state index in [1.54, 1.807) is 7.11 Å². The van der Waals surface area contributed by atoms with Crippen LogP contribution in [0, 0.1) is 0 Å². The van der Waals surface area contributed by atoms with Crippen molar-refractivity contribution in [1.29, 1.82) is 0 Å². The summed E-state index contributed by atoms with van der Waals surface area (Å²) in [7, 11) is 1.65. The van der Waals surface area contributed by atoms with Gasteiger partial charge in [-0.2, -0.15) is 5.10 Å². The molecular weight excluding hydrogens is 316 g/mol. The third-order valence-corrected chi connectivity index (χ3v) is 4.52. The van der Waals surface area contributed by atoms with Crippen molar-refractivity contribution in [1.82, 2.24) is 19.7 Å². The lowest BCUT2D eigenvalue weighted by Crippen LogP contribution is -2.32. The molecule has 1 aliphatic heterocycles. The van der Waals surface area contributed by atoms with Crippen LogP contribution in [-0.4, -0.2) is 45.8 Å². The van der Waals surface area contributed by atoms with E-state index in [1.807, 2.05) is 27.8 Å². The van der Waals surface area contributed by atoms with E-state index in [2.05, 4.69) is 22.2 Å². The fourth-order valence-electron chi connectivity index (χ4n) is 3.19. The summed E-state index contributed by atoms with van der Waals surface area (Å²) in [5.41, 5.74) is 1.18. The zero-order valence-electron chi connectivity index (χ0n) is 14.9. The van der Waals surface area contributed by atoms with Crippen LogP contribution in [0.25, 0.3) is 0 Å². The summed E-state index contributed by atoms with van der Waals surface area (Å²) in [6, 6.07) is 10.2. The molecule has 2 heterocycles. The van der Waals surface area contributed by atoms with Crippen LogP contribution < -0.4 is 0 Å². The van der Waals surface area contributed by atoms with Crippen molar-refractivity contribution in [3.8, 4) is 0 Å². The zero-order chi connectivity index (χ0) is 17.5. The quantitative estimate of drug-likeness (QED) is 0.775. The van der Waals surface area contributed by atoms with Crippen molar-refractivity contribution in [2.75, 3.05) is 20.2 Å². The number of hydrogen-bond donors (Lipinski definition) is 0. The van der Waals surface area contributed by atoms with Gasteiger partial charge in [-0.05, 0) is 18.4 Å². The van der Waals surface area contributed by atoms with Gasteiger partial charge >= 0.3 is 0 Å². The first-order valence-corrected chi connectivity index (χ1v) is 8.99. The van der Waals surface area contributed by atoms with Crippen LogP contribution in [0.1, 0.15) is 42.9 Å². The Balaban J connectivity index is 1.71. The molecule has 0 atom stereocenters. The number of likely N-dealkylation sites (tertiary alicyclic amines) is 1. The van der Waals surface area contributed by atoms with E-state index >= 15 is 0 Å². The fraction of sp³-hybridized carbons (Fsp3) is 0.526. The van der Waals surface area contributed by atoms with Crippen molar-refractivity contribution < 1.29 is 9.53 Å². The highest BCUT2D eigenvalue weighted by Crippen LogP contribution is 2.13. The number of carbonyl (C=O) groups excluding carboxylic acids is 1. The number of benzene rings is 1. The zero-order valence-corrected chi connectivity index (χ0v) is 14.9. The Kier molecular flexibility index (Phi) is 6.17. The Morgan fingerprint density at radius 2 is 2.00 bits per heavy atom. The van der Waals surface area contributed by atoms with Crippen LogP contribution in [0.2, 0.25) is 0 Å². The summed E-state index contributed by atoms with van der Waals surface area (Å²) < 4.78 is 7.11. The molecule has 0 N–H and O–H groups in total. The standard InChI is InChI=1S/C19H26N4O2/c1-25-15-17-20-18(11-13-22-12-7-3-6-10-19(22)24)23(21-17)14-16-8-4-2-5-9-16/h2,4-5,8-9H,3,6-7,10-15H2,1H3. The molecule has 1 aromatic heterocycles.